The summed E-state index contributed by atoms with van der Waals surface area (Å²) in [7, 11) is -6.00. The van der Waals surface area contributed by atoms with Gasteiger partial charge in [-0.1, -0.05) is 6.92 Å². The lowest BCUT2D eigenvalue weighted by molar-refractivity contribution is -0.0499. The second kappa shape index (κ2) is 6.22. The van der Waals surface area contributed by atoms with Crippen LogP contribution in [0.4, 0.5) is 17.6 Å². The number of hydrogen-bond donors (Lipinski definition) is 0. The fourth-order valence-corrected chi connectivity index (χ4v) is 3.81. The smallest absolute Gasteiger partial charge is 0.375 e. The summed E-state index contributed by atoms with van der Waals surface area (Å²) in [6.45, 7) is 1.68. The number of pyridine rings is 1. The van der Waals surface area contributed by atoms with Crippen LogP contribution in [0.2, 0.25) is 0 Å². The van der Waals surface area contributed by atoms with Crippen molar-refractivity contribution in [2.75, 3.05) is 0 Å². The summed E-state index contributed by atoms with van der Waals surface area (Å²) in [6, 6.07) is 1.34. The Morgan fingerprint density at radius 3 is 2.42 bits per heavy atom. The number of rotatable bonds is 4. The third-order valence-electron chi connectivity index (χ3n) is 4.03. The molecule has 1 fully saturated rings. The number of nitrogens with zero attached hydrogens (tertiary/aromatic N) is 1. The van der Waals surface area contributed by atoms with Crippen LogP contribution in [0.15, 0.2) is 21.4 Å². The first kappa shape index (κ1) is 19.2. The summed E-state index contributed by atoms with van der Waals surface area (Å²) < 4.78 is 80.5. The van der Waals surface area contributed by atoms with E-state index in [1.807, 2.05) is 0 Å². The molecule has 1 aromatic carbocycles. The Morgan fingerprint density at radius 2 is 1.92 bits per heavy atom. The Morgan fingerprint density at radius 1 is 1.31 bits per heavy atom. The van der Waals surface area contributed by atoms with Crippen LogP contribution in [0.5, 0.6) is 5.75 Å². The zero-order valence-electron chi connectivity index (χ0n) is 13.2. The van der Waals surface area contributed by atoms with Gasteiger partial charge >= 0.3 is 15.6 Å². The van der Waals surface area contributed by atoms with E-state index >= 15 is 0 Å². The summed E-state index contributed by atoms with van der Waals surface area (Å²) in [5.41, 5.74) is -5.87. The van der Waals surface area contributed by atoms with Gasteiger partial charge in [-0.3, -0.25) is 4.79 Å². The van der Waals surface area contributed by atoms with Gasteiger partial charge in [0.05, 0.1) is 9.99 Å². The summed E-state index contributed by atoms with van der Waals surface area (Å²) in [6.07, 6.45) is 1.64. The fourth-order valence-electron chi connectivity index (χ4n) is 2.75. The maximum atomic E-state index is 14.2. The highest BCUT2D eigenvalue weighted by Gasteiger charge is 2.49. The van der Waals surface area contributed by atoms with E-state index in [4.69, 9.17) is 0 Å². The number of hydrogen-bond acceptors (Lipinski definition) is 4. The van der Waals surface area contributed by atoms with E-state index in [-0.39, 0.29) is 27.8 Å². The van der Waals surface area contributed by atoms with E-state index in [0.29, 0.717) is 24.5 Å². The normalized spacial score (nSPS) is 15.5. The molecule has 0 atom stereocenters. The predicted octanol–water partition coefficient (Wildman–Crippen LogP) is 4.03. The molecular weight excluding hydrogens is 446 g/mol. The van der Waals surface area contributed by atoms with Gasteiger partial charge in [0.15, 0.2) is 5.75 Å². The molecule has 1 aliphatic carbocycles. The van der Waals surface area contributed by atoms with Crippen molar-refractivity contribution in [1.82, 2.24) is 4.57 Å². The first-order valence-electron chi connectivity index (χ1n) is 7.54. The predicted molar refractivity (Wildman–Crippen MR) is 89.1 cm³/mol. The van der Waals surface area contributed by atoms with Gasteiger partial charge in [0.2, 0.25) is 0 Å². The highest BCUT2D eigenvalue weighted by atomic mass is 79.9. The SMILES string of the molecule is CCc1c(Br)c(F)cc2c(OS(=O)(=O)C(F)(F)F)cc(=O)n(C3CC3)c12. The lowest BCUT2D eigenvalue weighted by Crippen LogP contribution is -2.29. The summed E-state index contributed by atoms with van der Waals surface area (Å²) in [5.74, 6) is -1.65. The minimum absolute atomic E-state index is 0.0668. The largest absolute Gasteiger partial charge is 0.534 e. The Kier molecular flexibility index (Phi) is 4.58. The van der Waals surface area contributed by atoms with Crippen LogP contribution >= 0.6 is 15.9 Å². The van der Waals surface area contributed by atoms with Crippen LogP contribution in [0.3, 0.4) is 0 Å². The van der Waals surface area contributed by atoms with Crippen molar-refractivity contribution in [2.45, 2.75) is 37.7 Å². The van der Waals surface area contributed by atoms with Crippen LogP contribution in [-0.4, -0.2) is 18.5 Å². The molecule has 0 radical (unpaired) electrons. The van der Waals surface area contributed by atoms with Gasteiger partial charge in [0.25, 0.3) is 5.56 Å². The van der Waals surface area contributed by atoms with Gasteiger partial charge in [-0.2, -0.15) is 21.6 Å². The molecule has 0 bridgehead atoms. The topological polar surface area (TPSA) is 65.4 Å². The molecular formula is C15H12BrF4NO4S. The molecule has 5 nitrogen and oxygen atoms in total. The zero-order valence-corrected chi connectivity index (χ0v) is 15.6. The Bertz CT molecular complexity index is 1060. The molecule has 11 heteroatoms. The maximum Gasteiger partial charge on any atom is 0.534 e. The molecule has 1 heterocycles. The van der Waals surface area contributed by atoms with Gasteiger partial charge in [-0.15, -0.1) is 0 Å². The molecule has 0 aliphatic heterocycles. The van der Waals surface area contributed by atoms with Gasteiger partial charge in [0, 0.05) is 17.5 Å². The second-order valence-corrected chi connectivity index (χ2v) is 8.16. The monoisotopic (exact) mass is 457 g/mol. The lowest BCUT2D eigenvalue weighted by atomic mass is 10.1. The van der Waals surface area contributed by atoms with Crippen LogP contribution < -0.4 is 9.74 Å². The molecule has 142 valence electrons. The molecule has 3 rings (SSSR count). The van der Waals surface area contributed by atoms with E-state index in [9.17, 15) is 30.8 Å². The van der Waals surface area contributed by atoms with E-state index in [2.05, 4.69) is 20.1 Å². The van der Waals surface area contributed by atoms with Crippen molar-refractivity contribution < 1.29 is 30.2 Å². The van der Waals surface area contributed by atoms with E-state index in [0.717, 1.165) is 6.07 Å². The molecule has 26 heavy (non-hydrogen) atoms. The Hall–Kier alpha value is -1.62. The Balaban J connectivity index is 2.38. The van der Waals surface area contributed by atoms with Crippen LogP contribution in [0.25, 0.3) is 10.9 Å². The molecule has 2 aromatic rings. The number of aryl methyl sites for hydroxylation is 1. The van der Waals surface area contributed by atoms with Crippen molar-refractivity contribution in [3.8, 4) is 5.75 Å². The fraction of sp³-hybridized carbons (Fsp3) is 0.400. The van der Waals surface area contributed by atoms with Gasteiger partial charge in [-0.05, 0) is 46.8 Å². The van der Waals surface area contributed by atoms with Crippen molar-refractivity contribution in [1.29, 1.82) is 0 Å². The molecule has 0 saturated heterocycles. The van der Waals surface area contributed by atoms with E-state index < -0.39 is 32.8 Å². The highest BCUT2D eigenvalue weighted by Crippen LogP contribution is 2.41. The summed E-state index contributed by atoms with van der Waals surface area (Å²) >= 11 is 3.08. The molecule has 0 N–H and O–H groups in total. The Labute approximate surface area is 153 Å². The minimum atomic E-state index is -6.00. The first-order chi connectivity index (χ1) is 12.0. The third-order valence-corrected chi connectivity index (χ3v) is 5.86. The highest BCUT2D eigenvalue weighted by molar-refractivity contribution is 9.10. The van der Waals surface area contributed by atoms with Crippen molar-refractivity contribution in [3.63, 3.8) is 0 Å². The van der Waals surface area contributed by atoms with E-state index in [1.54, 1.807) is 6.92 Å². The summed E-state index contributed by atoms with van der Waals surface area (Å²) in [5, 5.41) is -0.207. The number of alkyl halides is 3. The van der Waals surface area contributed by atoms with Crippen molar-refractivity contribution in [2.24, 2.45) is 0 Å². The van der Waals surface area contributed by atoms with E-state index in [1.165, 1.54) is 4.57 Å². The average Bonchev–Trinajstić information content (AvgIpc) is 3.33. The standard InChI is InChI=1S/C15H12BrF4NO4S/c1-2-8-13(16)10(17)5-9-11(25-26(23,24)15(18,19)20)6-12(22)21(14(8)9)7-3-4-7/h5-7H,2-4H2,1H3. The van der Waals surface area contributed by atoms with Gasteiger partial charge < -0.3 is 8.75 Å². The minimum Gasteiger partial charge on any atom is -0.375 e. The quantitative estimate of drug-likeness (QED) is 0.395. The zero-order chi connectivity index (χ0) is 19.4. The van der Waals surface area contributed by atoms with Crippen LogP contribution in [0.1, 0.15) is 31.4 Å². The third kappa shape index (κ3) is 3.11. The molecule has 0 amide bonds. The molecule has 1 aliphatic rings. The van der Waals surface area contributed by atoms with Crippen LogP contribution in [-0.2, 0) is 16.5 Å². The first-order valence-corrected chi connectivity index (χ1v) is 9.75. The van der Waals surface area contributed by atoms with Crippen molar-refractivity contribution in [3.05, 3.63) is 38.3 Å². The number of halogens is 5. The maximum absolute atomic E-state index is 14.2. The molecule has 1 saturated carbocycles. The molecule has 0 unspecified atom stereocenters. The lowest BCUT2D eigenvalue weighted by Gasteiger charge is -2.18. The molecule has 0 spiro atoms. The summed E-state index contributed by atoms with van der Waals surface area (Å²) in [4.78, 5) is 12.4. The average molecular weight is 458 g/mol. The van der Waals surface area contributed by atoms with Crippen LogP contribution in [0, 0.1) is 5.82 Å². The number of fused-ring (bicyclic) bond motifs is 1. The second-order valence-electron chi connectivity index (χ2n) is 5.83. The van der Waals surface area contributed by atoms with Crippen molar-refractivity contribution >= 4 is 37.0 Å². The van der Waals surface area contributed by atoms with Gasteiger partial charge in [-0.25, -0.2) is 4.39 Å². The van der Waals surface area contributed by atoms with Gasteiger partial charge in [0.1, 0.15) is 5.82 Å². The number of aromatic nitrogens is 1. The molecule has 1 aromatic heterocycles. The number of benzene rings is 1.